The third kappa shape index (κ3) is 2.47. The van der Waals surface area contributed by atoms with E-state index in [0.29, 0.717) is 0 Å². The molecule has 0 spiro atoms. The molecule has 1 aliphatic rings. The van der Waals surface area contributed by atoms with E-state index in [4.69, 9.17) is 4.43 Å². The van der Waals surface area contributed by atoms with Gasteiger partial charge in [-0.25, -0.2) is 0 Å². The summed E-state index contributed by atoms with van der Waals surface area (Å²) < 4.78 is 6.10. The minimum Gasteiger partial charge on any atom is -0.547 e. The molecule has 0 bridgehead atoms. The number of rotatable bonds is 3. The Balaban J connectivity index is 2.68. The molecular weight excluding hydrogens is 176 g/mol. The van der Waals surface area contributed by atoms with Gasteiger partial charge in [0.25, 0.3) is 0 Å². The van der Waals surface area contributed by atoms with Crippen LogP contribution in [0.3, 0.4) is 0 Å². The molecule has 2 heteroatoms. The first-order valence-electron chi connectivity index (χ1n) is 5.02. The van der Waals surface area contributed by atoms with Gasteiger partial charge < -0.3 is 4.43 Å². The van der Waals surface area contributed by atoms with Gasteiger partial charge in [-0.3, -0.25) is 0 Å². The Morgan fingerprint density at radius 3 is 2.38 bits per heavy atom. The predicted molar refractivity (Wildman–Crippen MR) is 60.1 cm³/mol. The topological polar surface area (TPSA) is 9.23 Å². The molecule has 0 N–H and O–H groups in total. The molecule has 0 amide bonds. The average Bonchev–Trinajstić information content (AvgIpc) is 2.36. The van der Waals surface area contributed by atoms with Crippen LogP contribution in [0.25, 0.3) is 0 Å². The third-order valence-corrected chi connectivity index (χ3v) is 5.36. The molecule has 0 heterocycles. The van der Waals surface area contributed by atoms with Gasteiger partial charge in [0, 0.05) is 6.42 Å². The van der Waals surface area contributed by atoms with Gasteiger partial charge in [-0.2, -0.15) is 0 Å². The molecule has 0 aromatic heterocycles. The van der Waals surface area contributed by atoms with Gasteiger partial charge in [0.15, 0.2) is 0 Å². The van der Waals surface area contributed by atoms with Crippen LogP contribution in [0.4, 0.5) is 0 Å². The molecule has 0 radical (unpaired) electrons. The molecule has 0 atom stereocenters. The molecule has 0 unspecified atom stereocenters. The summed E-state index contributed by atoms with van der Waals surface area (Å²) in [6.07, 6.45) is 3.26. The predicted octanol–water partition coefficient (Wildman–Crippen LogP) is 3.85. The van der Waals surface area contributed by atoms with Crippen molar-refractivity contribution in [3.05, 3.63) is 23.0 Å². The Labute approximate surface area is 82.6 Å². The second-order valence-electron chi connectivity index (χ2n) is 4.35. The van der Waals surface area contributed by atoms with E-state index < -0.39 is 8.32 Å². The Morgan fingerprint density at radius 2 is 2.00 bits per heavy atom. The molecule has 1 rings (SSSR count). The van der Waals surface area contributed by atoms with Crippen molar-refractivity contribution >= 4 is 8.32 Å². The van der Waals surface area contributed by atoms with Crippen LogP contribution in [-0.2, 0) is 4.43 Å². The molecule has 74 valence electrons. The molecule has 0 saturated heterocycles. The summed E-state index contributed by atoms with van der Waals surface area (Å²) in [5, 5.41) is 0. The lowest BCUT2D eigenvalue weighted by Gasteiger charge is -2.24. The van der Waals surface area contributed by atoms with Gasteiger partial charge in [0.05, 0.1) is 5.76 Å². The monoisotopic (exact) mass is 196 g/mol. The molecule has 0 aromatic rings. The number of hydrogen-bond donors (Lipinski definition) is 0. The fourth-order valence-corrected chi connectivity index (χ4v) is 2.34. The highest BCUT2D eigenvalue weighted by atomic mass is 28.4. The molecule has 13 heavy (non-hydrogen) atoms. The van der Waals surface area contributed by atoms with Gasteiger partial charge in [0.2, 0.25) is 8.32 Å². The van der Waals surface area contributed by atoms with E-state index in [1.54, 1.807) is 0 Å². The summed E-state index contributed by atoms with van der Waals surface area (Å²) in [5.41, 5.74) is 2.74. The van der Waals surface area contributed by atoms with E-state index in [0.717, 1.165) is 6.42 Å². The summed E-state index contributed by atoms with van der Waals surface area (Å²) in [6.45, 7) is 11.1. The SMILES string of the molecule is CC[Si](C)(C)OC1=C(C)C(C)=CC1. The lowest BCUT2D eigenvalue weighted by Crippen LogP contribution is -2.28. The zero-order valence-electron chi connectivity index (χ0n) is 9.40. The van der Waals surface area contributed by atoms with Crippen LogP contribution in [0.2, 0.25) is 19.1 Å². The first-order valence-corrected chi connectivity index (χ1v) is 8.13. The zero-order chi connectivity index (χ0) is 10.1. The molecule has 1 nitrogen and oxygen atoms in total. The van der Waals surface area contributed by atoms with Gasteiger partial charge >= 0.3 is 0 Å². The zero-order valence-corrected chi connectivity index (χ0v) is 10.4. The van der Waals surface area contributed by atoms with Crippen molar-refractivity contribution in [1.29, 1.82) is 0 Å². The third-order valence-electron chi connectivity index (χ3n) is 2.85. The van der Waals surface area contributed by atoms with Gasteiger partial charge in [-0.15, -0.1) is 0 Å². The first kappa shape index (κ1) is 10.6. The highest BCUT2D eigenvalue weighted by Gasteiger charge is 2.24. The number of allylic oxidation sites excluding steroid dienone is 3. The summed E-state index contributed by atoms with van der Waals surface area (Å²) in [5.74, 6) is 1.22. The Bertz CT molecular complexity index is 261. The second kappa shape index (κ2) is 3.70. The summed E-state index contributed by atoms with van der Waals surface area (Å²) in [4.78, 5) is 0. The lowest BCUT2D eigenvalue weighted by molar-refractivity contribution is 0.405. The minimum atomic E-state index is -1.40. The van der Waals surface area contributed by atoms with Crippen molar-refractivity contribution < 1.29 is 4.43 Å². The van der Waals surface area contributed by atoms with Gasteiger partial charge in [0.1, 0.15) is 0 Å². The largest absolute Gasteiger partial charge is 0.547 e. The Kier molecular flexibility index (Phi) is 3.01. The van der Waals surface area contributed by atoms with Crippen LogP contribution in [0.15, 0.2) is 23.0 Å². The van der Waals surface area contributed by atoms with E-state index in [1.807, 2.05) is 0 Å². The van der Waals surface area contributed by atoms with Crippen molar-refractivity contribution in [2.24, 2.45) is 0 Å². The van der Waals surface area contributed by atoms with Crippen molar-refractivity contribution in [3.63, 3.8) is 0 Å². The quantitative estimate of drug-likeness (QED) is 0.623. The lowest BCUT2D eigenvalue weighted by atomic mass is 10.2. The standard InChI is InChI=1S/C11H20OSi/c1-6-13(4,5)12-11-8-7-9(2)10(11)3/h7H,6,8H2,1-5H3. The van der Waals surface area contributed by atoms with E-state index in [1.165, 1.54) is 22.9 Å². The molecule has 0 fully saturated rings. The fourth-order valence-electron chi connectivity index (χ4n) is 1.30. The van der Waals surface area contributed by atoms with Crippen molar-refractivity contribution in [3.8, 4) is 0 Å². The van der Waals surface area contributed by atoms with Crippen LogP contribution in [-0.4, -0.2) is 8.32 Å². The smallest absolute Gasteiger partial charge is 0.244 e. The van der Waals surface area contributed by atoms with E-state index in [2.05, 4.69) is 39.9 Å². The van der Waals surface area contributed by atoms with Crippen LogP contribution in [0.5, 0.6) is 0 Å². The highest BCUT2D eigenvalue weighted by molar-refractivity contribution is 6.71. The maximum absolute atomic E-state index is 6.10. The maximum Gasteiger partial charge on any atom is 0.244 e. The molecule has 0 aromatic carbocycles. The van der Waals surface area contributed by atoms with Crippen LogP contribution in [0.1, 0.15) is 27.2 Å². The van der Waals surface area contributed by atoms with E-state index in [9.17, 15) is 0 Å². The van der Waals surface area contributed by atoms with Crippen LogP contribution in [0, 0.1) is 0 Å². The minimum absolute atomic E-state index is 1.01. The Morgan fingerprint density at radius 1 is 1.38 bits per heavy atom. The second-order valence-corrected chi connectivity index (χ2v) is 8.79. The summed E-state index contributed by atoms with van der Waals surface area (Å²) in [7, 11) is -1.40. The number of hydrogen-bond acceptors (Lipinski definition) is 1. The van der Waals surface area contributed by atoms with E-state index in [-0.39, 0.29) is 0 Å². The molecule has 0 saturated carbocycles. The van der Waals surface area contributed by atoms with E-state index >= 15 is 0 Å². The highest BCUT2D eigenvalue weighted by Crippen LogP contribution is 2.29. The summed E-state index contributed by atoms with van der Waals surface area (Å²) >= 11 is 0. The Hall–Kier alpha value is -0.503. The molecule has 1 aliphatic carbocycles. The maximum atomic E-state index is 6.10. The normalized spacial score (nSPS) is 17.8. The first-order chi connectivity index (χ1) is 5.96. The fraction of sp³-hybridized carbons (Fsp3) is 0.636. The molecular formula is C11H20OSi. The summed E-state index contributed by atoms with van der Waals surface area (Å²) in [6, 6.07) is 1.18. The van der Waals surface area contributed by atoms with Crippen molar-refractivity contribution in [2.75, 3.05) is 0 Å². The molecule has 0 aliphatic heterocycles. The van der Waals surface area contributed by atoms with Crippen molar-refractivity contribution in [1.82, 2.24) is 0 Å². The average molecular weight is 196 g/mol. The van der Waals surface area contributed by atoms with Gasteiger partial charge in [-0.05, 0) is 44.1 Å². The van der Waals surface area contributed by atoms with Crippen LogP contribution >= 0.6 is 0 Å². The van der Waals surface area contributed by atoms with Gasteiger partial charge in [-0.1, -0.05) is 13.0 Å². The van der Waals surface area contributed by atoms with Crippen molar-refractivity contribution in [2.45, 2.75) is 46.3 Å². The van der Waals surface area contributed by atoms with Crippen LogP contribution < -0.4 is 0 Å².